The van der Waals surface area contributed by atoms with Crippen LogP contribution in [0.4, 0.5) is 5.69 Å². The van der Waals surface area contributed by atoms with Crippen molar-refractivity contribution in [3.8, 4) is 0 Å². The van der Waals surface area contributed by atoms with Crippen molar-refractivity contribution in [1.82, 2.24) is 15.6 Å². The van der Waals surface area contributed by atoms with Gasteiger partial charge in [0.25, 0.3) is 0 Å². The highest BCUT2D eigenvalue weighted by Crippen LogP contribution is 2.15. The van der Waals surface area contributed by atoms with E-state index in [0.29, 0.717) is 11.6 Å². The van der Waals surface area contributed by atoms with E-state index < -0.39 is 0 Å². The van der Waals surface area contributed by atoms with Gasteiger partial charge in [0.15, 0.2) is 5.96 Å². The maximum absolute atomic E-state index is 11.9. The molecule has 2 aromatic rings. The number of nitrogens with zero attached hydrogens (tertiary/aromatic N) is 2. The molecule has 0 aliphatic rings. The van der Waals surface area contributed by atoms with Crippen molar-refractivity contribution in [2.24, 2.45) is 4.99 Å². The molecule has 0 atom stereocenters. The second-order valence-corrected chi connectivity index (χ2v) is 5.97. The van der Waals surface area contributed by atoms with Gasteiger partial charge in [0.1, 0.15) is 0 Å². The third-order valence-corrected chi connectivity index (χ3v) is 4.01. The largest absolute Gasteiger partial charge is 0.356 e. The van der Waals surface area contributed by atoms with Crippen LogP contribution in [0.25, 0.3) is 0 Å². The standard InChI is InChI=1S/C17H21N5OS/c1-18-17(20-10-11-24-15-7-3-2-4-8-15)21-13-16(23)22-14-6-5-9-19-12-14/h2-9,12H,10-11,13H2,1H3,(H,22,23)(H2,18,20,21). The summed E-state index contributed by atoms with van der Waals surface area (Å²) < 4.78 is 0. The maximum atomic E-state index is 11.9. The highest BCUT2D eigenvalue weighted by atomic mass is 32.2. The van der Waals surface area contributed by atoms with E-state index in [-0.39, 0.29) is 12.5 Å². The summed E-state index contributed by atoms with van der Waals surface area (Å²) in [6.45, 7) is 0.893. The zero-order valence-electron chi connectivity index (χ0n) is 13.5. The number of hydrogen-bond acceptors (Lipinski definition) is 4. The Labute approximate surface area is 146 Å². The lowest BCUT2D eigenvalue weighted by Gasteiger charge is -2.11. The van der Waals surface area contributed by atoms with Crippen LogP contribution in [-0.2, 0) is 4.79 Å². The van der Waals surface area contributed by atoms with E-state index in [1.807, 2.05) is 18.2 Å². The van der Waals surface area contributed by atoms with Gasteiger partial charge >= 0.3 is 0 Å². The third kappa shape index (κ3) is 6.70. The number of pyridine rings is 1. The van der Waals surface area contributed by atoms with Crippen LogP contribution in [0.15, 0.2) is 64.7 Å². The average molecular weight is 343 g/mol. The monoisotopic (exact) mass is 343 g/mol. The highest BCUT2D eigenvalue weighted by Gasteiger charge is 2.04. The molecule has 7 heteroatoms. The van der Waals surface area contributed by atoms with Crippen LogP contribution in [0.1, 0.15) is 0 Å². The fourth-order valence-electron chi connectivity index (χ4n) is 1.88. The zero-order valence-corrected chi connectivity index (χ0v) is 14.3. The number of rotatable bonds is 7. The first kappa shape index (κ1) is 17.8. The topological polar surface area (TPSA) is 78.4 Å². The van der Waals surface area contributed by atoms with E-state index in [9.17, 15) is 4.79 Å². The van der Waals surface area contributed by atoms with Crippen molar-refractivity contribution in [3.05, 3.63) is 54.9 Å². The van der Waals surface area contributed by atoms with Gasteiger partial charge in [0, 0.05) is 30.4 Å². The van der Waals surface area contributed by atoms with Crippen LogP contribution in [-0.4, -0.2) is 42.7 Å². The summed E-state index contributed by atoms with van der Waals surface area (Å²) in [7, 11) is 1.68. The van der Waals surface area contributed by atoms with Gasteiger partial charge in [0.2, 0.25) is 5.91 Å². The Bertz CT molecular complexity index is 649. The molecule has 24 heavy (non-hydrogen) atoms. The predicted octanol–water partition coefficient (Wildman–Crippen LogP) is 1.98. The molecule has 2 rings (SSSR count). The Morgan fingerprint density at radius 1 is 1.17 bits per heavy atom. The number of aromatic nitrogens is 1. The number of amides is 1. The van der Waals surface area contributed by atoms with Gasteiger partial charge in [-0.3, -0.25) is 14.8 Å². The first-order valence-corrected chi connectivity index (χ1v) is 8.59. The zero-order chi connectivity index (χ0) is 17.0. The minimum atomic E-state index is -0.149. The maximum Gasteiger partial charge on any atom is 0.243 e. The van der Waals surface area contributed by atoms with Crippen molar-refractivity contribution in [2.45, 2.75) is 4.90 Å². The molecule has 1 aromatic carbocycles. The molecule has 1 aromatic heterocycles. The van der Waals surface area contributed by atoms with Crippen LogP contribution in [0.2, 0.25) is 0 Å². The summed E-state index contributed by atoms with van der Waals surface area (Å²) >= 11 is 1.77. The molecular formula is C17H21N5OS. The number of anilines is 1. The molecule has 0 aliphatic carbocycles. The Morgan fingerprint density at radius 3 is 2.71 bits per heavy atom. The normalized spacial score (nSPS) is 11.0. The molecule has 0 bridgehead atoms. The fourth-order valence-corrected chi connectivity index (χ4v) is 2.67. The second kappa shape index (κ2) is 10.3. The third-order valence-electron chi connectivity index (χ3n) is 2.99. The lowest BCUT2D eigenvalue weighted by molar-refractivity contribution is -0.115. The molecule has 3 N–H and O–H groups in total. The van der Waals surface area contributed by atoms with Crippen LogP contribution in [0.5, 0.6) is 0 Å². The van der Waals surface area contributed by atoms with E-state index in [0.717, 1.165) is 12.3 Å². The predicted molar refractivity (Wildman–Crippen MR) is 99.4 cm³/mol. The van der Waals surface area contributed by atoms with Gasteiger partial charge in [-0.2, -0.15) is 0 Å². The smallest absolute Gasteiger partial charge is 0.243 e. The fraction of sp³-hybridized carbons (Fsp3) is 0.235. The molecule has 0 fully saturated rings. The minimum absolute atomic E-state index is 0.139. The molecule has 6 nitrogen and oxygen atoms in total. The SMILES string of the molecule is CN=C(NCCSc1ccccc1)NCC(=O)Nc1cccnc1. The Balaban J connectivity index is 1.64. The molecule has 0 saturated carbocycles. The Hall–Kier alpha value is -2.54. The second-order valence-electron chi connectivity index (χ2n) is 4.80. The number of hydrogen-bond donors (Lipinski definition) is 3. The lowest BCUT2D eigenvalue weighted by Crippen LogP contribution is -2.42. The number of thioether (sulfide) groups is 1. The van der Waals surface area contributed by atoms with Gasteiger partial charge in [-0.15, -0.1) is 11.8 Å². The lowest BCUT2D eigenvalue weighted by atomic mass is 10.4. The number of carbonyl (C=O) groups excluding carboxylic acids is 1. The molecule has 0 radical (unpaired) electrons. The molecule has 0 aliphatic heterocycles. The number of carbonyl (C=O) groups is 1. The first-order valence-electron chi connectivity index (χ1n) is 7.60. The quantitative estimate of drug-likeness (QED) is 0.310. The Kier molecular flexibility index (Phi) is 7.62. The number of benzene rings is 1. The molecule has 0 spiro atoms. The van der Waals surface area contributed by atoms with Crippen molar-refractivity contribution >= 4 is 29.3 Å². The van der Waals surface area contributed by atoms with Gasteiger partial charge in [0.05, 0.1) is 18.4 Å². The Morgan fingerprint density at radius 2 is 2.00 bits per heavy atom. The summed E-state index contributed by atoms with van der Waals surface area (Å²) in [5, 5.41) is 8.93. The summed E-state index contributed by atoms with van der Waals surface area (Å²) in [5.41, 5.74) is 0.673. The van der Waals surface area contributed by atoms with E-state index >= 15 is 0 Å². The average Bonchev–Trinajstić information content (AvgIpc) is 2.63. The van der Waals surface area contributed by atoms with E-state index in [1.54, 1.807) is 43.3 Å². The van der Waals surface area contributed by atoms with Gasteiger partial charge in [-0.1, -0.05) is 18.2 Å². The van der Waals surface area contributed by atoms with E-state index in [2.05, 4.69) is 38.1 Å². The van der Waals surface area contributed by atoms with E-state index in [4.69, 9.17) is 0 Å². The van der Waals surface area contributed by atoms with Crippen LogP contribution >= 0.6 is 11.8 Å². The minimum Gasteiger partial charge on any atom is -0.356 e. The molecular weight excluding hydrogens is 322 g/mol. The van der Waals surface area contributed by atoms with Gasteiger partial charge in [-0.25, -0.2) is 0 Å². The van der Waals surface area contributed by atoms with Crippen molar-refractivity contribution in [1.29, 1.82) is 0 Å². The van der Waals surface area contributed by atoms with Crippen molar-refractivity contribution < 1.29 is 4.79 Å². The molecule has 1 amide bonds. The van der Waals surface area contributed by atoms with Crippen molar-refractivity contribution in [3.63, 3.8) is 0 Å². The van der Waals surface area contributed by atoms with Gasteiger partial charge in [-0.05, 0) is 24.3 Å². The number of aliphatic imine (C=N–C) groups is 1. The molecule has 0 saturated heterocycles. The number of guanidine groups is 1. The van der Waals surface area contributed by atoms with Crippen LogP contribution in [0.3, 0.4) is 0 Å². The van der Waals surface area contributed by atoms with Crippen LogP contribution < -0.4 is 16.0 Å². The first-order chi connectivity index (χ1) is 11.8. The number of nitrogens with one attached hydrogen (secondary N) is 3. The summed E-state index contributed by atoms with van der Waals surface area (Å²) in [4.78, 5) is 21.1. The summed E-state index contributed by atoms with van der Waals surface area (Å²) in [6, 6.07) is 13.8. The summed E-state index contributed by atoms with van der Waals surface area (Å²) in [6.07, 6.45) is 3.26. The molecule has 126 valence electrons. The molecule has 1 heterocycles. The van der Waals surface area contributed by atoms with Crippen molar-refractivity contribution in [2.75, 3.05) is 31.2 Å². The van der Waals surface area contributed by atoms with Gasteiger partial charge < -0.3 is 16.0 Å². The summed E-state index contributed by atoms with van der Waals surface area (Å²) in [5.74, 6) is 1.36. The van der Waals surface area contributed by atoms with E-state index in [1.165, 1.54) is 4.90 Å². The molecule has 0 unspecified atom stereocenters. The highest BCUT2D eigenvalue weighted by molar-refractivity contribution is 7.99. The van der Waals surface area contributed by atoms with Crippen LogP contribution in [0, 0.1) is 0 Å².